The topological polar surface area (TPSA) is 55.1 Å². The zero-order valence-corrected chi connectivity index (χ0v) is 13.4. The third-order valence-electron chi connectivity index (χ3n) is 2.73. The Morgan fingerprint density at radius 3 is 2.50 bits per heavy atom. The zero-order valence-electron chi connectivity index (χ0n) is 10.3. The van der Waals surface area contributed by atoms with Gasteiger partial charge in [-0.3, -0.25) is 4.79 Å². The van der Waals surface area contributed by atoms with Gasteiger partial charge in [0.2, 0.25) is 5.91 Å². The monoisotopic (exact) mass is 372 g/mol. The fraction of sp³-hybridized carbons (Fsp3) is 0.0714. The van der Waals surface area contributed by atoms with Crippen LogP contribution < -0.4 is 11.1 Å². The minimum atomic E-state index is -0.544. The zero-order chi connectivity index (χ0) is 14.7. The van der Waals surface area contributed by atoms with Gasteiger partial charge in [-0.2, -0.15) is 0 Å². The number of hydrogen-bond acceptors (Lipinski definition) is 2. The number of amides is 1. The largest absolute Gasteiger partial charge is 0.381 e. The van der Waals surface area contributed by atoms with Gasteiger partial charge in [0.1, 0.15) is 0 Å². The van der Waals surface area contributed by atoms with Gasteiger partial charge in [-0.25, -0.2) is 0 Å². The second-order valence-corrected chi connectivity index (χ2v) is 5.88. The molecular formula is C14H11BrCl2N2O. The highest BCUT2D eigenvalue weighted by Gasteiger charge is 2.07. The van der Waals surface area contributed by atoms with Crippen molar-refractivity contribution in [2.75, 3.05) is 5.32 Å². The van der Waals surface area contributed by atoms with Gasteiger partial charge in [0.25, 0.3) is 0 Å². The molecule has 0 aliphatic rings. The fourth-order valence-electron chi connectivity index (χ4n) is 1.69. The first kappa shape index (κ1) is 15.2. The van der Waals surface area contributed by atoms with E-state index in [1.807, 2.05) is 18.2 Å². The molecular weight excluding hydrogens is 363 g/mol. The van der Waals surface area contributed by atoms with Crippen LogP contribution in [0.2, 0.25) is 10.0 Å². The molecule has 2 rings (SSSR count). The maximum atomic E-state index is 11.1. The van der Waals surface area contributed by atoms with Crippen molar-refractivity contribution in [1.29, 1.82) is 0 Å². The van der Waals surface area contributed by atoms with Crippen LogP contribution in [-0.2, 0) is 6.54 Å². The number of halogens is 3. The number of carbonyl (C=O) groups is 1. The lowest BCUT2D eigenvalue weighted by atomic mass is 10.2. The van der Waals surface area contributed by atoms with Gasteiger partial charge in [0.05, 0.1) is 10.6 Å². The Morgan fingerprint density at radius 1 is 1.15 bits per heavy atom. The number of primary amides is 1. The maximum Gasteiger partial charge on any atom is 0.250 e. The lowest BCUT2D eigenvalue weighted by Gasteiger charge is -2.10. The summed E-state index contributed by atoms with van der Waals surface area (Å²) in [5, 5.41) is 4.19. The van der Waals surface area contributed by atoms with Crippen LogP contribution in [0.5, 0.6) is 0 Å². The molecule has 0 spiro atoms. The molecule has 0 saturated carbocycles. The third-order valence-corrected chi connectivity index (χ3v) is 3.89. The lowest BCUT2D eigenvalue weighted by molar-refractivity contribution is 0.100. The van der Waals surface area contributed by atoms with Crippen LogP contribution in [0.1, 0.15) is 15.9 Å². The number of nitrogens with one attached hydrogen (secondary N) is 1. The summed E-state index contributed by atoms with van der Waals surface area (Å²) < 4.78 is 0.931. The van der Waals surface area contributed by atoms with Gasteiger partial charge in [-0.1, -0.05) is 45.2 Å². The van der Waals surface area contributed by atoms with Crippen LogP contribution in [0.25, 0.3) is 0 Å². The number of anilines is 1. The normalized spacial score (nSPS) is 10.3. The molecule has 3 N–H and O–H groups in total. The van der Waals surface area contributed by atoms with Crippen molar-refractivity contribution in [3.8, 4) is 0 Å². The predicted octanol–water partition coefficient (Wildman–Crippen LogP) is 4.47. The molecule has 0 heterocycles. The van der Waals surface area contributed by atoms with E-state index in [4.69, 9.17) is 28.9 Å². The predicted molar refractivity (Wildman–Crippen MR) is 86.4 cm³/mol. The van der Waals surface area contributed by atoms with E-state index in [2.05, 4.69) is 21.2 Å². The van der Waals surface area contributed by atoms with Crippen molar-refractivity contribution in [3.05, 3.63) is 62.0 Å². The van der Waals surface area contributed by atoms with Crippen molar-refractivity contribution in [1.82, 2.24) is 0 Å². The second-order valence-electron chi connectivity index (χ2n) is 4.15. The number of nitrogens with two attached hydrogens (primary N) is 1. The number of hydrogen-bond donors (Lipinski definition) is 2. The molecule has 0 atom stereocenters. The van der Waals surface area contributed by atoms with E-state index in [-0.39, 0.29) is 0 Å². The van der Waals surface area contributed by atoms with Crippen LogP contribution in [0, 0.1) is 0 Å². The third kappa shape index (κ3) is 3.66. The van der Waals surface area contributed by atoms with E-state index in [0.717, 1.165) is 15.7 Å². The summed E-state index contributed by atoms with van der Waals surface area (Å²) >= 11 is 15.5. The van der Waals surface area contributed by atoms with E-state index < -0.39 is 5.91 Å². The smallest absolute Gasteiger partial charge is 0.250 e. The van der Waals surface area contributed by atoms with Gasteiger partial charge in [0.15, 0.2) is 0 Å². The number of benzene rings is 2. The minimum Gasteiger partial charge on any atom is -0.381 e. The molecule has 0 fully saturated rings. The van der Waals surface area contributed by atoms with E-state index >= 15 is 0 Å². The Hall–Kier alpha value is -1.23. The Balaban J connectivity index is 2.11. The molecule has 6 heteroatoms. The van der Waals surface area contributed by atoms with Crippen LogP contribution in [-0.4, -0.2) is 5.91 Å². The molecule has 20 heavy (non-hydrogen) atoms. The fourth-order valence-corrected chi connectivity index (χ4v) is 2.70. The van der Waals surface area contributed by atoms with Crippen molar-refractivity contribution >= 4 is 50.7 Å². The summed E-state index contributed by atoms with van der Waals surface area (Å²) in [6.07, 6.45) is 0. The Morgan fingerprint density at radius 2 is 1.90 bits per heavy atom. The highest BCUT2D eigenvalue weighted by atomic mass is 79.9. The molecule has 104 valence electrons. The van der Waals surface area contributed by atoms with Crippen molar-refractivity contribution in [2.45, 2.75) is 6.54 Å². The van der Waals surface area contributed by atoms with Crippen LogP contribution >= 0.6 is 39.1 Å². The highest BCUT2D eigenvalue weighted by Crippen LogP contribution is 2.24. The van der Waals surface area contributed by atoms with Crippen molar-refractivity contribution < 1.29 is 4.79 Å². The molecule has 0 bridgehead atoms. The first-order chi connectivity index (χ1) is 9.47. The van der Waals surface area contributed by atoms with Gasteiger partial charge in [-0.05, 0) is 35.9 Å². The summed E-state index contributed by atoms with van der Waals surface area (Å²) in [5.41, 5.74) is 7.26. The highest BCUT2D eigenvalue weighted by molar-refractivity contribution is 9.10. The van der Waals surface area contributed by atoms with Crippen LogP contribution in [0.15, 0.2) is 40.9 Å². The number of carbonyl (C=O) groups excluding carboxylic acids is 1. The van der Waals surface area contributed by atoms with E-state index in [1.165, 1.54) is 0 Å². The second kappa shape index (κ2) is 6.48. The Bertz CT molecular complexity index is 662. The quantitative estimate of drug-likeness (QED) is 0.830. The van der Waals surface area contributed by atoms with Crippen molar-refractivity contribution in [2.24, 2.45) is 5.73 Å². The molecule has 2 aromatic carbocycles. The molecule has 0 saturated heterocycles. The first-order valence-electron chi connectivity index (χ1n) is 5.74. The van der Waals surface area contributed by atoms with E-state index in [9.17, 15) is 4.79 Å². The van der Waals surface area contributed by atoms with E-state index in [1.54, 1.807) is 18.2 Å². The average molecular weight is 374 g/mol. The van der Waals surface area contributed by atoms with Gasteiger partial charge >= 0.3 is 0 Å². The van der Waals surface area contributed by atoms with Gasteiger partial charge in [-0.15, -0.1) is 0 Å². The molecule has 0 aromatic heterocycles. The molecule has 1 amide bonds. The Kier molecular flexibility index (Phi) is 4.91. The summed E-state index contributed by atoms with van der Waals surface area (Å²) in [5.74, 6) is -0.544. The molecule has 3 nitrogen and oxygen atoms in total. The van der Waals surface area contributed by atoms with Gasteiger partial charge in [0, 0.05) is 21.7 Å². The van der Waals surface area contributed by atoms with E-state index in [0.29, 0.717) is 22.2 Å². The maximum absolute atomic E-state index is 11.1. The molecule has 0 aliphatic carbocycles. The molecule has 2 aromatic rings. The first-order valence-corrected chi connectivity index (χ1v) is 7.29. The minimum absolute atomic E-state index is 0.305. The molecule has 0 aliphatic heterocycles. The molecule has 0 radical (unpaired) electrons. The summed E-state index contributed by atoms with van der Waals surface area (Å²) in [6, 6.07) is 10.7. The molecule has 0 unspecified atom stereocenters. The van der Waals surface area contributed by atoms with Crippen molar-refractivity contribution in [3.63, 3.8) is 0 Å². The Labute approximate surface area is 135 Å². The summed E-state index contributed by atoms with van der Waals surface area (Å²) in [7, 11) is 0. The van der Waals surface area contributed by atoms with Crippen LogP contribution in [0.4, 0.5) is 5.69 Å². The lowest BCUT2D eigenvalue weighted by Crippen LogP contribution is -2.11. The van der Waals surface area contributed by atoms with Crippen LogP contribution in [0.3, 0.4) is 0 Å². The van der Waals surface area contributed by atoms with Gasteiger partial charge < -0.3 is 11.1 Å². The summed E-state index contributed by atoms with van der Waals surface area (Å²) in [4.78, 5) is 11.1. The standard InChI is InChI=1S/C14H11BrCl2N2O/c15-9-2-1-8(12(16)5-9)7-19-10-3-4-11(14(18)20)13(17)6-10/h1-6,19H,7H2,(H2,18,20). The SMILES string of the molecule is NC(=O)c1ccc(NCc2ccc(Br)cc2Cl)cc1Cl. The number of rotatable bonds is 4. The average Bonchev–Trinajstić information content (AvgIpc) is 2.37. The summed E-state index contributed by atoms with van der Waals surface area (Å²) in [6.45, 7) is 0.554.